The van der Waals surface area contributed by atoms with Gasteiger partial charge in [0.1, 0.15) is 0 Å². The second kappa shape index (κ2) is 5.90. The summed E-state index contributed by atoms with van der Waals surface area (Å²) in [5.41, 5.74) is 5.19. The van der Waals surface area contributed by atoms with Gasteiger partial charge in [-0.2, -0.15) is 0 Å². The Hall–Kier alpha value is -1.50. The van der Waals surface area contributed by atoms with Crippen LogP contribution in [0.1, 0.15) is 20.8 Å². The van der Waals surface area contributed by atoms with E-state index in [1.807, 2.05) is 20.8 Å². The van der Waals surface area contributed by atoms with Crippen LogP contribution in [0.3, 0.4) is 0 Å². The molecule has 2 amide bonds. The maximum absolute atomic E-state index is 11.7. The molecule has 0 radical (unpaired) electrons. The van der Waals surface area contributed by atoms with Crippen molar-refractivity contribution in [1.29, 1.82) is 0 Å². The number of rotatable bonds is 3. The van der Waals surface area contributed by atoms with Gasteiger partial charge in [-0.25, -0.2) is 4.79 Å². The Morgan fingerprint density at radius 1 is 1.39 bits per heavy atom. The molecule has 0 saturated carbocycles. The number of hydrogen-bond acceptors (Lipinski definition) is 4. The minimum Gasteiger partial charge on any atom is -0.409 e. The van der Waals surface area contributed by atoms with Crippen LogP contribution in [0.25, 0.3) is 0 Å². The van der Waals surface area contributed by atoms with Crippen molar-refractivity contribution in [2.75, 3.05) is 32.7 Å². The number of carbonyl (C=O) groups is 1. The monoisotopic (exact) mass is 257 g/mol. The molecule has 0 bridgehead atoms. The van der Waals surface area contributed by atoms with Gasteiger partial charge in [-0.3, -0.25) is 4.90 Å². The number of nitrogens with two attached hydrogens (primary N) is 1. The number of nitrogens with one attached hydrogen (secondary N) is 1. The molecular formula is C11H23N5O2. The number of hydrogen-bond donors (Lipinski definition) is 3. The minimum atomic E-state index is -0.498. The Labute approximate surface area is 108 Å². The molecule has 0 aliphatic carbocycles. The molecule has 18 heavy (non-hydrogen) atoms. The molecule has 104 valence electrons. The first-order valence-electron chi connectivity index (χ1n) is 6.19. The highest BCUT2D eigenvalue weighted by atomic mass is 16.4. The average molecular weight is 257 g/mol. The maximum atomic E-state index is 11.7. The lowest BCUT2D eigenvalue weighted by molar-refractivity contribution is 0.0954. The molecule has 0 atom stereocenters. The van der Waals surface area contributed by atoms with Crippen molar-refractivity contribution in [3.8, 4) is 0 Å². The van der Waals surface area contributed by atoms with Gasteiger partial charge in [-0.05, 0) is 20.8 Å². The number of oxime groups is 1. The van der Waals surface area contributed by atoms with E-state index in [2.05, 4.69) is 15.4 Å². The van der Waals surface area contributed by atoms with E-state index in [4.69, 9.17) is 10.9 Å². The van der Waals surface area contributed by atoms with Gasteiger partial charge >= 0.3 is 6.03 Å². The maximum Gasteiger partial charge on any atom is 0.317 e. The van der Waals surface area contributed by atoms with Crippen molar-refractivity contribution < 1.29 is 10.0 Å². The molecule has 0 aromatic carbocycles. The molecule has 0 spiro atoms. The van der Waals surface area contributed by atoms with E-state index < -0.39 is 5.54 Å². The smallest absolute Gasteiger partial charge is 0.317 e. The van der Waals surface area contributed by atoms with Crippen LogP contribution < -0.4 is 11.1 Å². The van der Waals surface area contributed by atoms with E-state index in [1.54, 1.807) is 4.90 Å². The summed E-state index contributed by atoms with van der Waals surface area (Å²) in [5.74, 6) is 0.189. The van der Waals surface area contributed by atoms with E-state index in [0.717, 1.165) is 0 Å². The first-order chi connectivity index (χ1) is 8.43. The molecule has 1 aliphatic rings. The van der Waals surface area contributed by atoms with Gasteiger partial charge in [-0.15, -0.1) is 0 Å². The minimum absolute atomic E-state index is 0.0289. The van der Waals surface area contributed by atoms with Crippen LogP contribution in [0.5, 0.6) is 0 Å². The third-order valence-electron chi connectivity index (χ3n) is 3.42. The van der Waals surface area contributed by atoms with Gasteiger partial charge < -0.3 is 21.2 Å². The zero-order valence-corrected chi connectivity index (χ0v) is 11.3. The van der Waals surface area contributed by atoms with Crippen LogP contribution in [0.2, 0.25) is 0 Å². The molecule has 7 nitrogen and oxygen atoms in total. The molecule has 1 fully saturated rings. The Balaban J connectivity index is 2.56. The van der Waals surface area contributed by atoms with Gasteiger partial charge in [-0.1, -0.05) is 5.16 Å². The largest absolute Gasteiger partial charge is 0.409 e. The van der Waals surface area contributed by atoms with Crippen molar-refractivity contribution in [2.24, 2.45) is 10.9 Å². The fourth-order valence-corrected chi connectivity index (χ4v) is 2.02. The van der Waals surface area contributed by atoms with Crippen molar-refractivity contribution >= 4 is 11.9 Å². The standard InChI is InChI=1S/C11H23N5O2/c1-4-13-10(17)15-5-7-16(8-6-15)11(2,3)9(12)14-18/h18H,4-8H2,1-3H3,(H2,12,14)(H,13,17). The Kier molecular flexibility index (Phi) is 4.77. The number of amides is 2. The molecule has 1 rings (SSSR count). The lowest BCUT2D eigenvalue weighted by atomic mass is 10.0. The highest BCUT2D eigenvalue weighted by molar-refractivity contribution is 5.88. The summed E-state index contributed by atoms with van der Waals surface area (Å²) in [4.78, 5) is 15.5. The van der Waals surface area contributed by atoms with Crippen LogP contribution in [-0.2, 0) is 0 Å². The zero-order chi connectivity index (χ0) is 13.8. The molecule has 4 N–H and O–H groups in total. The number of amidine groups is 1. The third-order valence-corrected chi connectivity index (χ3v) is 3.42. The molecule has 7 heteroatoms. The van der Waals surface area contributed by atoms with Crippen LogP contribution in [0.15, 0.2) is 5.16 Å². The van der Waals surface area contributed by atoms with Crippen molar-refractivity contribution in [3.05, 3.63) is 0 Å². The molecular weight excluding hydrogens is 234 g/mol. The van der Waals surface area contributed by atoms with Gasteiger partial charge in [0.05, 0.1) is 5.54 Å². The zero-order valence-electron chi connectivity index (χ0n) is 11.3. The predicted molar refractivity (Wildman–Crippen MR) is 69.7 cm³/mol. The second-order valence-electron chi connectivity index (χ2n) is 4.85. The normalized spacial score (nSPS) is 18.8. The summed E-state index contributed by atoms with van der Waals surface area (Å²) >= 11 is 0. The fraction of sp³-hybridized carbons (Fsp3) is 0.818. The van der Waals surface area contributed by atoms with Crippen LogP contribution in [0, 0.1) is 0 Å². The summed E-state index contributed by atoms with van der Waals surface area (Å²) in [7, 11) is 0. The van der Waals surface area contributed by atoms with Crippen LogP contribution in [0.4, 0.5) is 4.79 Å². The number of nitrogens with zero attached hydrogens (tertiary/aromatic N) is 3. The first-order valence-corrected chi connectivity index (χ1v) is 6.19. The summed E-state index contributed by atoms with van der Waals surface area (Å²) in [6, 6.07) is -0.0289. The topological polar surface area (TPSA) is 94.2 Å². The Morgan fingerprint density at radius 2 is 1.94 bits per heavy atom. The van der Waals surface area contributed by atoms with Crippen molar-refractivity contribution in [1.82, 2.24) is 15.1 Å². The SMILES string of the molecule is CCNC(=O)N1CCN(C(C)(C)C(N)=NO)CC1. The van der Waals surface area contributed by atoms with E-state index in [1.165, 1.54) is 0 Å². The number of urea groups is 1. The van der Waals surface area contributed by atoms with Crippen LogP contribution in [-0.4, -0.2) is 65.1 Å². The summed E-state index contributed by atoms with van der Waals surface area (Å²) < 4.78 is 0. The van der Waals surface area contributed by atoms with E-state index in [-0.39, 0.29) is 11.9 Å². The molecule has 0 unspecified atom stereocenters. The van der Waals surface area contributed by atoms with Gasteiger partial charge in [0.2, 0.25) is 0 Å². The number of piperazine rings is 1. The summed E-state index contributed by atoms with van der Waals surface area (Å²) in [6.07, 6.45) is 0. The number of carbonyl (C=O) groups excluding carboxylic acids is 1. The van der Waals surface area contributed by atoms with Crippen molar-refractivity contribution in [3.63, 3.8) is 0 Å². The molecule has 1 heterocycles. The van der Waals surface area contributed by atoms with Gasteiger partial charge in [0.15, 0.2) is 5.84 Å². The van der Waals surface area contributed by atoms with E-state index >= 15 is 0 Å². The lowest BCUT2D eigenvalue weighted by Gasteiger charge is -2.43. The highest BCUT2D eigenvalue weighted by Crippen LogP contribution is 2.17. The fourth-order valence-electron chi connectivity index (χ4n) is 2.02. The molecule has 0 aromatic heterocycles. The van der Waals surface area contributed by atoms with Crippen molar-refractivity contribution in [2.45, 2.75) is 26.3 Å². The Morgan fingerprint density at radius 3 is 2.39 bits per heavy atom. The summed E-state index contributed by atoms with van der Waals surface area (Å²) in [5, 5.41) is 14.6. The van der Waals surface area contributed by atoms with Crippen LogP contribution >= 0.6 is 0 Å². The second-order valence-corrected chi connectivity index (χ2v) is 4.85. The average Bonchev–Trinajstić information content (AvgIpc) is 2.38. The Bertz CT molecular complexity index is 321. The first kappa shape index (κ1) is 14.6. The lowest BCUT2D eigenvalue weighted by Crippen LogP contribution is -2.61. The van der Waals surface area contributed by atoms with E-state index in [0.29, 0.717) is 32.7 Å². The van der Waals surface area contributed by atoms with Gasteiger partial charge in [0, 0.05) is 32.7 Å². The summed E-state index contributed by atoms with van der Waals surface area (Å²) in [6.45, 7) is 9.06. The molecule has 1 aliphatic heterocycles. The molecule has 1 saturated heterocycles. The van der Waals surface area contributed by atoms with E-state index in [9.17, 15) is 4.79 Å². The van der Waals surface area contributed by atoms with Gasteiger partial charge in [0.25, 0.3) is 0 Å². The predicted octanol–water partition coefficient (Wildman–Crippen LogP) is -0.141. The highest BCUT2D eigenvalue weighted by Gasteiger charge is 2.34. The quantitative estimate of drug-likeness (QED) is 0.284. The third kappa shape index (κ3) is 3.04. The molecule has 0 aromatic rings.